The number of carbonyl (C=O) groups excluding carboxylic acids is 1. The summed E-state index contributed by atoms with van der Waals surface area (Å²) < 4.78 is 42.4. The number of hydrogen-bond donors (Lipinski definition) is 2. The van der Waals surface area contributed by atoms with Crippen molar-refractivity contribution < 1.29 is 27.8 Å². The van der Waals surface area contributed by atoms with Gasteiger partial charge in [-0.3, -0.25) is 9.69 Å². The fourth-order valence-electron chi connectivity index (χ4n) is 2.57. The molecule has 5 nitrogen and oxygen atoms in total. The minimum atomic E-state index is -4.68. The van der Waals surface area contributed by atoms with Gasteiger partial charge in [-0.1, -0.05) is 0 Å². The summed E-state index contributed by atoms with van der Waals surface area (Å²) in [6, 6.07) is 5.99. The first-order chi connectivity index (χ1) is 10.8. The Morgan fingerprint density at radius 2 is 2.09 bits per heavy atom. The molecule has 0 unspecified atom stereocenters. The van der Waals surface area contributed by atoms with Gasteiger partial charge in [0.25, 0.3) is 0 Å². The van der Waals surface area contributed by atoms with Crippen LogP contribution in [-0.2, 0) is 4.79 Å². The minimum absolute atomic E-state index is 0.355. The van der Waals surface area contributed by atoms with Gasteiger partial charge >= 0.3 is 6.18 Å². The van der Waals surface area contributed by atoms with Crippen molar-refractivity contribution in [2.24, 2.45) is 0 Å². The summed E-state index contributed by atoms with van der Waals surface area (Å²) >= 11 is 0. The molecule has 0 spiro atoms. The van der Waals surface area contributed by atoms with Gasteiger partial charge in [0.1, 0.15) is 5.75 Å². The van der Waals surface area contributed by atoms with Crippen molar-refractivity contribution in [3.8, 4) is 5.75 Å². The third-order valence-electron chi connectivity index (χ3n) is 3.81. The highest BCUT2D eigenvalue weighted by Crippen LogP contribution is 2.25. The van der Waals surface area contributed by atoms with Crippen LogP contribution in [0.15, 0.2) is 24.3 Å². The maximum absolute atomic E-state index is 12.5. The molecule has 0 aromatic heterocycles. The number of carbonyl (C=O) groups is 1. The van der Waals surface area contributed by atoms with Crippen LogP contribution in [0.3, 0.4) is 0 Å². The Balaban J connectivity index is 1.97. The van der Waals surface area contributed by atoms with Gasteiger partial charge in [0.15, 0.2) is 6.10 Å². The van der Waals surface area contributed by atoms with Gasteiger partial charge in [-0.2, -0.15) is 13.2 Å². The third-order valence-corrected chi connectivity index (χ3v) is 3.81. The van der Waals surface area contributed by atoms with Crippen LogP contribution in [0.5, 0.6) is 5.75 Å². The summed E-state index contributed by atoms with van der Waals surface area (Å²) in [7, 11) is 1.52. The van der Waals surface area contributed by atoms with Crippen molar-refractivity contribution in [3.63, 3.8) is 0 Å². The number of likely N-dealkylation sites (tertiary alicyclic amines) is 1. The number of benzene rings is 1. The molecule has 2 N–H and O–H groups in total. The zero-order valence-corrected chi connectivity index (χ0v) is 12.6. The number of hydrogen-bond acceptors (Lipinski definition) is 4. The van der Waals surface area contributed by atoms with E-state index < -0.39 is 24.9 Å². The molecule has 23 heavy (non-hydrogen) atoms. The van der Waals surface area contributed by atoms with Gasteiger partial charge in [0.2, 0.25) is 5.91 Å². The zero-order chi connectivity index (χ0) is 17.0. The Kier molecular flexibility index (Phi) is 5.48. The number of alkyl halides is 3. The molecule has 1 aliphatic rings. The smallest absolute Gasteiger partial charge is 0.415 e. The quantitative estimate of drug-likeness (QED) is 0.866. The number of nitrogens with one attached hydrogen (secondary N) is 1. The fourth-order valence-corrected chi connectivity index (χ4v) is 2.57. The molecule has 1 saturated heterocycles. The number of rotatable bonds is 5. The molecular weight excluding hydrogens is 313 g/mol. The molecule has 0 bridgehead atoms. The number of aliphatic hydroxyl groups excluding tert-OH is 1. The van der Waals surface area contributed by atoms with Gasteiger partial charge in [0.05, 0.1) is 13.2 Å². The maximum atomic E-state index is 12.5. The SMILES string of the molecule is COc1ccc(NC(=O)[C@@H]2CCCN2C[C@H](O)C(F)(F)F)cc1. The highest BCUT2D eigenvalue weighted by Gasteiger charge is 2.42. The highest BCUT2D eigenvalue weighted by molar-refractivity contribution is 5.95. The lowest BCUT2D eigenvalue weighted by Crippen LogP contribution is -2.46. The normalized spacial score (nSPS) is 20.3. The van der Waals surface area contributed by atoms with Crippen molar-refractivity contribution in [3.05, 3.63) is 24.3 Å². The predicted molar refractivity (Wildman–Crippen MR) is 78.3 cm³/mol. The largest absolute Gasteiger partial charge is 0.497 e. The van der Waals surface area contributed by atoms with Gasteiger partial charge in [0, 0.05) is 12.2 Å². The molecule has 2 rings (SSSR count). The first kappa shape index (κ1) is 17.6. The molecule has 1 fully saturated rings. The van der Waals surface area contributed by atoms with Crippen LogP contribution in [0, 0.1) is 0 Å². The zero-order valence-electron chi connectivity index (χ0n) is 12.6. The van der Waals surface area contributed by atoms with Crippen molar-refractivity contribution in [2.45, 2.75) is 31.2 Å². The van der Waals surface area contributed by atoms with Gasteiger partial charge in [-0.05, 0) is 43.7 Å². The van der Waals surface area contributed by atoms with Crippen LogP contribution in [0.4, 0.5) is 18.9 Å². The Morgan fingerprint density at radius 1 is 1.43 bits per heavy atom. The van der Waals surface area contributed by atoms with Crippen molar-refractivity contribution >= 4 is 11.6 Å². The highest BCUT2D eigenvalue weighted by atomic mass is 19.4. The van der Waals surface area contributed by atoms with E-state index in [1.807, 2.05) is 0 Å². The summed E-state index contributed by atoms with van der Waals surface area (Å²) in [5.74, 6) is 0.265. The molecule has 8 heteroatoms. The lowest BCUT2D eigenvalue weighted by Gasteiger charge is -2.26. The molecule has 0 saturated carbocycles. The third kappa shape index (κ3) is 4.59. The number of β-amino-alcohol motifs (C(OH)–C–C–N with tert-alkyl or cyclic N) is 1. The Hall–Kier alpha value is -1.80. The average molecular weight is 332 g/mol. The molecule has 1 aromatic carbocycles. The van der Waals surface area contributed by atoms with Crippen LogP contribution in [0.2, 0.25) is 0 Å². The fraction of sp³-hybridized carbons (Fsp3) is 0.533. The Labute approximate surface area is 132 Å². The summed E-state index contributed by atoms with van der Waals surface area (Å²) in [6.45, 7) is -0.238. The molecule has 1 aliphatic heterocycles. The van der Waals surface area contributed by atoms with E-state index in [0.29, 0.717) is 30.8 Å². The van der Waals surface area contributed by atoms with E-state index in [-0.39, 0.29) is 5.91 Å². The molecular formula is C15H19F3N2O3. The van der Waals surface area contributed by atoms with E-state index in [4.69, 9.17) is 4.74 Å². The van der Waals surface area contributed by atoms with E-state index >= 15 is 0 Å². The molecule has 1 heterocycles. The summed E-state index contributed by atoms with van der Waals surface area (Å²) in [4.78, 5) is 13.6. The van der Waals surface area contributed by atoms with Crippen molar-refractivity contribution in [1.29, 1.82) is 0 Å². The van der Waals surface area contributed by atoms with Crippen LogP contribution in [0.25, 0.3) is 0 Å². The van der Waals surface area contributed by atoms with Crippen LogP contribution in [0.1, 0.15) is 12.8 Å². The molecule has 128 valence electrons. The molecule has 0 aliphatic carbocycles. The lowest BCUT2D eigenvalue weighted by atomic mass is 10.2. The number of methoxy groups -OCH3 is 1. The van der Waals surface area contributed by atoms with E-state index in [9.17, 15) is 23.1 Å². The van der Waals surface area contributed by atoms with E-state index in [2.05, 4.69) is 5.32 Å². The molecule has 0 radical (unpaired) electrons. The standard InChI is InChI=1S/C15H19F3N2O3/c1-23-11-6-4-10(5-7-11)19-14(22)12-3-2-8-20(12)9-13(21)15(16,17)18/h4-7,12-13,21H,2-3,8-9H2,1H3,(H,19,22)/t12-,13-/m0/s1. The Bertz CT molecular complexity index is 534. The summed E-state index contributed by atoms with van der Waals surface area (Å²) in [6.07, 6.45) is -6.05. The molecule has 1 aromatic rings. The number of halogens is 3. The van der Waals surface area contributed by atoms with E-state index in [1.165, 1.54) is 12.0 Å². The number of amides is 1. The summed E-state index contributed by atoms with van der Waals surface area (Å²) in [5.41, 5.74) is 0.541. The summed E-state index contributed by atoms with van der Waals surface area (Å²) in [5, 5.41) is 11.9. The first-order valence-electron chi connectivity index (χ1n) is 7.25. The lowest BCUT2D eigenvalue weighted by molar-refractivity contribution is -0.208. The minimum Gasteiger partial charge on any atom is -0.497 e. The monoisotopic (exact) mass is 332 g/mol. The van der Waals surface area contributed by atoms with Crippen LogP contribution < -0.4 is 10.1 Å². The van der Waals surface area contributed by atoms with Crippen molar-refractivity contribution in [2.75, 3.05) is 25.5 Å². The number of nitrogens with zero attached hydrogens (tertiary/aromatic N) is 1. The second kappa shape index (κ2) is 7.18. The number of ether oxygens (including phenoxy) is 1. The predicted octanol–water partition coefficient (Wildman–Crippen LogP) is 2.02. The first-order valence-corrected chi connectivity index (χ1v) is 7.25. The van der Waals surface area contributed by atoms with E-state index in [0.717, 1.165) is 0 Å². The van der Waals surface area contributed by atoms with Gasteiger partial charge < -0.3 is 15.2 Å². The molecule has 1 amide bonds. The topological polar surface area (TPSA) is 61.8 Å². The van der Waals surface area contributed by atoms with Crippen LogP contribution in [-0.4, -0.2) is 54.4 Å². The average Bonchev–Trinajstić information content (AvgIpc) is 2.95. The number of aliphatic hydroxyl groups is 1. The maximum Gasteiger partial charge on any atom is 0.415 e. The number of anilines is 1. The second-order valence-electron chi connectivity index (χ2n) is 5.43. The van der Waals surface area contributed by atoms with Gasteiger partial charge in [-0.25, -0.2) is 0 Å². The Morgan fingerprint density at radius 3 is 2.65 bits per heavy atom. The molecule has 2 atom stereocenters. The van der Waals surface area contributed by atoms with Gasteiger partial charge in [-0.15, -0.1) is 0 Å². The second-order valence-corrected chi connectivity index (χ2v) is 5.43. The van der Waals surface area contributed by atoms with Crippen LogP contribution >= 0.6 is 0 Å². The van der Waals surface area contributed by atoms with E-state index in [1.54, 1.807) is 24.3 Å². The van der Waals surface area contributed by atoms with Crippen molar-refractivity contribution in [1.82, 2.24) is 4.90 Å².